The molecule has 0 aromatic carbocycles. The SMILES string of the molecule is Cc1ccc(N2CCC(NC(C)C)CC2)nn1. The van der Waals surface area contributed by atoms with Crippen LogP contribution in [0.4, 0.5) is 5.82 Å². The van der Waals surface area contributed by atoms with Gasteiger partial charge in [0, 0.05) is 25.2 Å². The summed E-state index contributed by atoms with van der Waals surface area (Å²) in [7, 11) is 0. The van der Waals surface area contributed by atoms with Gasteiger partial charge in [-0.05, 0) is 31.9 Å². The van der Waals surface area contributed by atoms with Crippen molar-refractivity contribution in [3.63, 3.8) is 0 Å². The Bertz CT molecular complexity index is 339. The third kappa shape index (κ3) is 3.40. The monoisotopic (exact) mass is 234 g/mol. The van der Waals surface area contributed by atoms with Gasteiger partial charge in [-0.15, -0.1) is 5.10 Å². The van der Waals surface area contributed by atoms with Crippen LogP contribution >= 0.6 is 0 Å². The van der Waals surface area contributed by atoms with Crippen LogP contribution in [0.3, 0.4) is 0 Å². The number of hydrogen-bond donors (Lipinski definition) is 1. The standard InChI is InChI=1S/C13H22N4/c1-10(2)14-12-6-8-17(9-7-12)13-5-4-11(3)15-16-13/h4-5,10,12,14H,6-9H2,1-3H3. The average molecular weight is 234 g/mol. The van der Waals surface area contributed by atoms with E-state index in [1.54, 1.807) is 0 Å². The average Bonchev–Trinajstić information content (AvgIpc) is 2.30. The Labute approximate surface area is 103 Å². The summed E-state index contributed by atoms with van der Waals surface area (Å²) in [6, 6.07) is 5.33. The van der Waals surface area contributed by atoms with Crippen LogP contribution in [0.25, 0.3) is 0 Å². The van der Waals surface area contributed by atoms with Crippen molar-refractivity contribution in [2.75, 3.05) is 18.0 Å². The van der Waals surface area contributed by atoms with Crippen LogP contribution < -0.4 is 10.2 Å². The molecule has 0 spiro atoms. The predicted octanol–water partition coefficient (Wildman–Crippen LogP) is 1.75. The number of aryl methyl sites for hydroxylation is 1. The molecule has 1 aromatic heterocycles. The lowest BCUT2D eigenvalue weighted by molar-refractivity contribution is 0.386. The maximum absolute atomic E-state index is 4.24. The van der Waals surface area contributed by atoms with Crippen molar-refractivity contribution in [3.8, 4) is 0 Å². The first kappa shape index (κ1) is 12.3. The van der Waals surface area contributed by atoms with E-state index in [4.69, 9.17) is 0 Å². The summed E-state index contributed by atoms with van der Waals surface area (Å²) < 4.78 is 0. The number of aromatic nitrogens is 2. The molecule has 2 rings (SSSR count). The molecule has 0 saturated carbocycles. The summed E-state index contributed by atoms with van der Waals surface area (Å²) in [4.78, 5) is 2.32. The van der Waals surface area contributed by atoms with Crippen molar-refractivity contribution < 1.29 is 0 Å². The van der Waals surface area contributed by atoms with Crippen molar-refractivity contribution in [3.05, 3.63) is 17.8 Å². The van der Waals surface area contributed by atoms with Crippen molar-refractivity contribution in [1.82, 2.24) is 15.5 Å². The molecule has 17 heavy (non-hydrogen) atoms. The van der Waals surface area contributed by atoms with E-state index < -0.39 is 0 Å². The molecule has 94 valence electrons. The van der Waals surface area contributed by atoms with E-state index in [1.807, 2.05) is 13.0 Å². The Morgan fingerprint density at radius 3 is 2.47 bits per heavy atom. The zero-order chi connectivity index (χ0) is 12.3. The van der Waals surface area contributed by atoms with Crippen LogP contribution in [-0.4, -0.2) is 35.4 Å². The maximum Gasteiger partial charge on any atom is 0.151 e. The van der Waals surface area contributed by atoms with Crippen LogP contribution in [0, 0.1) is 6.92 Å². The molecule has 1 saturated heterocycles. The van der Waals surface area contributed by atoms with E-state index in [0.29, 0.717) is 12.1 Å². The quantitative estimate of drug-likeness (QED) is 0.865. The summed E-state index contributed by atoms with van der Waals surface area (Å²) in [6.07, 6.45) is 2.38. The Kier molecular flexibility index (Phi) is 3.94. The normalized spacial score (nSPS) is 17.8. The second-order valence-corrected chi connectivity index (χ2v) is 5.12. The fraction of sp³-hybridized carbons (Fsp3) is 0.692. The van der Waals surface area contributed by atoms with Crippen LogP contribution in [0.5, 0.6) is 0 Å². The highest BCUT2D eigenvalue weighted by Crippen LogP contribution is 2.17. The van der Waals surface area contributed by atoms with Crippen molar-refractivity contribution >= 4 is 5.82 Å². The van der Waals surface area contributed by atoms with E-state index in [9.17, 15) is 0 Å². The highest BCUT2D eigenvalue weighted by molar-refractivity contribution is 5.37. The second kappa shape index (κ2) is 5.45. The van der Waals surface area contributed by atoms with Gasteiger partial charge in [0.15, 0.2) is 5.82 Å². The Hall–Kier alpha value is -1.16. The largest absolute Gasteiger partial charge is 0.355 e. The smallest absolute Gasteiger partial charge is 0.151 e. The zero-order valence-corrected chi connectivity index (χ0v) is 11.0. The van der Waals surface area contributed by atoms with E-state index in [-0.39, 0.29) is 0 Å². The first-order chi connectivity index (χ1) is 8.15. The topological polar surface area (TPSA) is 41.0 Å². The fourth-order valence-corrected chi connectivity index (χ4v) is 2.31. The van der Waals surface area contributed by atoms with E-state index >= 15 is 0 Å². The number of rotatable bonds is 3. The molecule has 1 aromatic rings. The molecule has 0 atom stereocenters. The van der Waals surface area contributed by atoms with Gasteiger partial charge in [-0.25, -0.2) is 0 Å². The molecule has 1 aliphatic heterocycles. The maximum atomic E-state index is 4.24. The van der Waals surface area contributed by atoms with Gasteiger partial charge in [-0.2, -0.15) is 5.10 Å². The van der Waals surface area contributed by atoms with E-state index in [0.717, 1.165) is 24.6 Å². The molecular weight excluding hydrogens is 212 g/mol. The van der Waals surface area contributed by atoms with Gasteiger partial charge >= 0.3 is 0 Å². The number of nitrogens with zero attached hydrogens (tertiary/aromatic N) is 3. The predicted molar refractivity (Wildman–Crippen MR) is 70.3 cm³/mol. The van der Waals surface area contributed by atoms with E-state index in [2.05, 4.69) is 40.3 Å². The first-order valence-electron chi connectivity index (χ1n) is 6.46. The Morgan fingerprint density at radius 2 is 1.94 bits per heavy atom. The van der Waals surface area contributed by atoms with Crippen molar-refractivity contribution in [2.24, 2.45) is 0 Å². The second-order valence-electron chi connectivity index (χ2n) is 5.12. The number of anilines is 1. The first-order valence-corrected chi connectivity index (χ1v) is 6.46. The minimum Gasteiger partial charge on any atom is -0.355 e. The molecule has 4 heteroatoms. The molecule has 1 fully saturated rings. The molecule has 1 aliphatic rings. The van der Waals surface area contributed by atoms with Gasteiger partial charge in [0.05, 0.1) is 5.69 Å². The van der Waals surface area contributed by atoms with Gasteiger partial charge in [0.25, 0.3) is 0 Å². The minimum atomic E-state index is 0.575. The molecule has 0 aliphatic carbocycles. The third-order valence-corrected chi connectivity index (χ3v) is 3.17. The highest BCUT2D eigenvalue weighted by atomic mass is 15.3. The summed E-state index contributed by atoms with van der Waals surface area (Å²) in [5.74, 6) is 1.01. The van der Waals surface area contributed by atoms with Gasteiger partial charge in [0.2, 0.25) is 0 Å². The van der Waals surface area contributed by atoms with Gasteiger partial charge < -0.3 is 10.2 Å². The Morgan fingerprint density at radius 1 is 1.24 bits per heavy atom. The minimum absolute atomic E-state index is 0.575. The van der Waals surface area contributed by atoms with Gasteiger partial charge in [0.1, 0.15) is 0 Å². The molecular formula is C13H22N4. The third-order valence-electron chi connectivity index (χ3n) is 3.17. The summed E-state index contributed by atoms with van der Waals surface area (Å²) in [5.41, 5.74) is 0.977. The lowest BCUT2D eigenvalue weighted by Gasteiger charge is -2.33. The van der Waals surface area contributed by atoms with Crippen LogP contribution in [0.2, 0.25) is 0 Å². The van der Waals surface area contributed by atoms with Gasteiger partial charge in [-0.1, -0.05) is 13.8 Å². The van der Waals surface area contributed by atoms with E-state index in [1.165, 1.54) is 12.8 Å². The molecule has 0 amide bonds. The lowest BCUT2D eigenvalue weighted by atomic mass is 10.0. The molecule has 0 unspecified atom stereocenters. The summed E-state index contributed by atoms with van der Waals surface area (Å²) in [5, 5.41) is 12.0. The van der Waals surface area contributed by atoms with Crippen molar-refractivity contribution in [2.45, 2.75) is 45.7 Å². The number of nitrogens with one attached hydrogen (secondary N) is 1. The zero-order valence-electron chi connectivity index (χ0n) is 11.0. The van der Waals surface area contributed by atoms with Crippen LogP contribution in [-0.2, 0) is 0 Å². The van der Waals surface area contributed by atoms with Gasteiger partial charge in [-0.3, -0.25) is 0 Å². The summed E-state index contributed by atoms with van der Waals surface area (Å²) >= 11 is 0. The van der Waals surface area contributed by atoms with Crippen LogP contribution in [0.1, 0.15) is 32.4 Å². The molecule has 0 radical (unpaired) electrons. The van der Waals surface area contributed by atoms with Crippen molar-refractivity contribution in [1.29, 1.82) is 0 Å². The lowest BCUT2D eigenvalue weighted by Crippen LogP contribution is -2.45. The molecule has 2 heterocycles. The molecule has 0 bridgehead atoms. The number of hydrogen-bond acceptors (Lipinski definition) is 4. The Balaban J connectivity index is 1.88. The van der Waals surface area contributed by atoms with Crippen LogP contribution in [0.15, 0.2) is 12.1 Å². The summed E-state index contributed by atoms with van der Waals surface area (Å²) in [6.45, 7) is 8.52. The number of piperidine rings is 1. The molecule has 1 N–H and O–H groups in total. The fourth-order valence-electron chi connectivity index (χ4n) is 2.31. The molecule has 4 nitrogen and oxygen atoms in total. The highest BCUT2D eigenvalue weighted by Gasteiger charge is 2.20.